The number of anilines is 1. The molecule has 0 amide bonds. The zero-order chi connectivity index (χ0) is 15.0. The van der Waals surface area contributed by atoms with E-state index in [1.165, 1.54) is 6.26 Å². The Balaban J connectivity index is 1.96. The van der Waals surface area contributed by atoms with E-state index in [-0.39, 0.29) is 5.92 Å². The Morgan fingerprint density at radius 2 is 2.24 bits per heavy atom. The number of nitrogens with zero attached hydrogens (tertiary/aromatic N) is 3. The van der Waals surface area contributed by atoms with Crippen LogP contribution in [0.3, 0.4) is 0 Å². The first-order valence-electron chi connectivity index (χ1n) is 7.09. The lowest BCUT2D eigenvalue weighted by Gasteiger charge is -2.30. The molecule has 1 unspecified atom stereocenters. The van der Waals surface area contributed by atoms with E-state index >= 15 is 0 Å². The van der Waals surface area contributed by atoms with Crippen LogP contribution in [-0.4, -0.2) is 48.5 Å². The second-order valence-electron chi connectivity index (χ2n) is 5.53. The fourth-order valence-electron chi connectivity index (χ4n) is 2.93. The van der Waals surface area contributed by atoms with E-state index < -0.39 is 10.0 Å². The third kappa shape index (κ3) is 2.75. The van der Waals surface area contributed by atoms with E-state index in [4.69, 9.17) is 0 Å². The van der Waals surface area contributed by atoms with Crippen molar-refractivity contribution in [3.63, 3.8) is 0 Å². The molecule has 7 heteroatoms. The Morgan fingerprint density at radius 3 is 2.95 bits per heavy atom. The first-order chi connectivity index (χ1) is 9.99. The topological polar surface area (TPSA) is 66.7 Å². The highest BCUT2D eigenvalue weighted by molar-refractivity contribution is 7.88. The number of hydrogen-bond donors (Lipinski definition) is 1. The first-order valence-corrected chi connectivity index (χ1v) is 8.94. The second-order valence-corrected chi connectivity index (χ2v) is 7.51. The standard InChI is InChI=1S/C14H20N4O2S/c1-15-14-13-6-4-7-17(13)10-12(16-14)11-5-3-8-18(9-11)21(2,19)20/h4,6-7,10-11H,3,5,8-9H2,1-2H3,(H,15,16). The number of piperidine rings is 1. The van der Waals surface area contributed by atoms with Gasteiger partial charge in [0.15, 0.2) is 0 Å². The third-order valence-electron chi connectivity index (χ3n) is 4.04. The van der Waals surface area contributed by atoms with E-state index in [0.717, 1.165) is 29.9 Å². The van der Waals surface area contributed by atoms with Gasteiger partial charge >= 0.3 is 0 Å². The van der Waals surface area contributed by atoms with Gasteiger partial charge in [0.2, 0.25) is 10.0 Å². The van der Waals surface area contributed by atoms with Crippen LogP contribution in [0.1, 0.15) is 24.5 Å². The zero-order valence-electron chi connectivity index (χ0n) is 12.3. The maximum absolute atomic E-state index is 11.7. The van der Waals surface area contributed by atoms with Gasteiger partial charge in [-0.3, -0.25) is 0 Å². The van der Waals surface area contributed by atoms with Gasteiger partial charge in [-0.15, -0.1) is 0 Å². The zero-order valence-corrected chi connectivity index (χ0v) is 13.1. The number of nitrogens with one attached hydrogen (secondary N) is 1. The van der Waals surface area contributed by atoms with E-state index in [2.05, 4.69) is 10.3 Å². The van der Waals surface area contributed by atoms with Gasteiger partial charge in [-0.1, -0.05) is 0 Å². The first kappa shape index (κ1) is 14.3. The van der Waals surface area contributed by atoms with Crippen molar-refractivity contribution in [1.82, 2.24) is 13.7 Å². The summed E-state index contributed by atoms with van der Waals surface area (Å²) in [5, 5.41) is 3.11. The van der Waals surface area contributed by atoms with Gasteiger partial charge in [-0.05, 0) is 25.0 Å². The Bertz CT molecular complexity index is 753. The molecule has 1 aliphatic heterocycles. The Morgan fingerprint density at radius 1 is 1.43 bits per heavy atom. The summed E-state index contributed by atoms with van der Waals surface area (Å²) in [5.74, 6) is 0.973. The molecule has 0 bridgehead atoms. The van der Waals surface area contributed by atoms with E-state index in [1.807, 2.05) is 36.0 Å². The fourth-order valence-corrected chi connectivity index (χ4v) is 3.84. The molecule has 1 atom stereocenters. The van der Waals surface area contributed by atoms with Crippen LogP contribution < -0.4 is 5.32 Å². The molecule has 3 heterocycles. The molecule has 0 aliphatic carbocycles. The number of aromatic nitrogens is 2. The van der Waals surface area contributed by atoms with Crippen LogP contribution >= 0.6 is 0 Å². The molecule has 1 saturated heterocycles. The Kier molecular flexibility index (Phi) is 3.62. The van der Waals surface area contributed by atoms with E-state index in [0.29, 0.717) is 13.1 Å². The quantitative estimate of drug-likeness (QED) is 0.933. The maximum Gasteiger partial charge on any atom is 0.211 e. The highest BCUT2D eigenvalue weighted by Gasteiger charge is 2.28. The molecule has 6 nitrogen and oxygen atoms in total. The molecule has 0 aromatic carbocycles. The van der Waals surface area contributed by atoms with Gasteiger partial charge in [0.25, 0.3) is 0 Å². The fraction of sp³-hybridized carbons (Fsp3) is 0.500. The van der Waals surface area contributed by atoms with Crippen molar-refractivity contribution in [2.24, 2.45) is 0 Å². The molecule has 2 aromatic heterocycles. The molecular weight excluding hydrogens is 288 g/mol. The molecule has 1 aliphatic rings. The highest BCUT2D eigenvalue weighted by atomic mass is 32.2. The van der Waals surface area contributed by atoms with Gasteiger partial charge in [0.05, 0.1) is 17.5 Å². The average molecular weight is 308 g/mol. The van der Waals surface area contributed by atoms with Gasteiger partial charge < -0.3 is 9.72 Å². The lowest BCUT2D eigenvalue weighted by molar-refractivity contribution is 0.314. The lowest BCUT2D eigenvalue weighted by Crippen LogP contribution is -2.38. The summed E-state index contributed by atoms with van der Waals surface area (Å²) in [4.78, 5) is 4.68. The molecule has 114 valence electrons. The van der Waals surface area contributed by atoms with Crippen LogP contribution in [-0.2, 0) is 10.0 Å². The van der Waals surface area contributed by atoms with Crippen LogP contribution in [0.4, 0.5) is 5.82 Å². The molecule has 0 radical (unpaired) electrons. The molecule has 0 saturated carbocycles. The van der Waals surface area contributed by atoms with Crippen LogP contribution in [0.2, 0.25) is 0 Å². The van der Waals surface area contributed by atoms with Crippen LogP contribution in [0, 0.1) is 0 Å². The van der Waals surface area contributed by atoms with Crippen molar-refractivity contribution in [3.05, 3.63) is 30.2 Å². The van der Waals surface area contributed by atoms with Crippen molar-refractivity contribution < 1.29 is 8.42 Å². The number of rotatable bonds is 3. The van der Waals surface area contributed by atoms with Crippen molar-refractivity contribution in [2.45, 2.75) is 18.8 Å². The Labute approximate surface area is 124 Å². The maximum atomic E-state index is 11.7. The van der Waals surface area contributed by atoms with Crippen molar-refractivity contribution >= 4 is 21.4 Å². The predicted molar refractivity (Wildman–Crippen MR) is 83.1 cm³/mol. The van der Waals surface area contributed by atoms with Crippen LogP contribution in [0.15, 0.2) is 24.5 Å². The van der Waals surface area contributed by atoms with Gasteiger partial charge in [0.1, 0.15) is 5.82 Å². The third-order valence-corrected chi connectivity index (χ3v) is 5.31. The smallest absolute Gasteiger partial charge is 0.211 e. The molecule has 1 fully saturated rings. The summed E-state index contributed by atoms with van der Waals surface area (Å²) in [7, 11) is -1.28. The van der Waals surface area contributed by atoms with E-state index in [1.54, 1.807) is 4.31 Å². The SMILES string of the molecule is CNc1nc(C2CCCN(S(C)(=O)=O)C2)cn2cccc12. The summed E-state index contributed by atoms with van der Waals surface area (Å²) < 4.78 is 27.1. The minimum atomic E-state index is -3.13. The molecule has 0 spiro atoms. The van der Waals surface area contributed by atoms with Crippen molar-refractivity contribution in [3.8, 4) is 0 Å². The Hall–Kier alpha value is -1.60. The normalized spacial score (nSPS) is 20.8. The largest absolute Gasteiger partial charge is 0.371 e. The van der Waals surface area contributed by atoms with Crippen LogP contribution in [0.5, 0.6) is 0 Å². The molecule has 1 N–H and O–H groups in total. The number of hydrogen-bond acceptors (Lipinski definition) is 4. The van der Waals surface area contributed by atoms with Crippen LogP contribution in [0.25, 0.3) is 5.52 Å². The highest BCUT2D eigenvalue weighted by Crippen LogP contribution is 2.28. The average Bonchev–Trinajstić information content (AvgIpc) is 2.93. The number of fused-ring (bicyclic) bond motifs is 1. The summed E-state index contributed by atoms with van der Waals surface area (Å²) in [5.41, 5.74) is 1.97. The number of sulfonamides is 1. The summed E-state index contributed by atoms with van der Waals surface area (Å²) in [6.45, 7) is 1.13. The van der Waals surface area contributed by atoms with E-state index in [9.17, 15) is 8.42 Å². The molecular formula is C14H20N4O2S. The van der Waals surface area contributed by atoms with Gasteiger partial charge in [-0.25, -0.2) is 17.7 Å². The summed E-state index contributed by atoms with van der Waals surface area (Å²) in [6, 6.07) is 3.98. The second kappa shape index (κ2) is 5.31. The minimum absolute atomic E-state index is 0.146. The predicted octanol–water partition coefficient (Wildman–Crippen LogP) is 1.51. The summed E-state index contributed by atoms with van der Waals surface area (Å²) in [6.07, 6.45) is 7.11. The monoisotopic (exact) mass is 308 g/mol. The molecule has 21 heavy (non-hydrogen) atoms. The minimum Gasteiger partial charge on any atom is -0.371 e. The lowest BCUT2D eigenvalue weighted by atomic mass is 9.96. The van der Waals surface area contributed by atoms with Gasteiger partial charge in [0, 0.05) is 38.4 Å². The van der Waals surface area contributed by atoms with Crippen molar-refractivity contribution in [1.29, 1.82) is 0 Å². The molecule has 3 rings (SSSR count). The molecule has 2 aromatic rings. The van der Waals surface area contributed by atoms with Gasteiger partial charge in [-0.2, -0.15) is 0 Å². The summed E-state index contributed by atoms with van der Waals surface area (Å²) >= 11 is 0. The van der Waals surface area contributed by atoms with Crippen molar-refractivity contribution in [2.75, 3.05) is 31.7 Å².